The normalized spacial score (nSPS) is 31.5. The van der Waals surface area contributed by atoms with Gasteiger partial charge in [-0.2, -0.15) is 0 Å². The van der Waals surface area contributed by atoms with Crippen LogP contribution in [-0.4, -0.2) is 37.0 Å². The minimum absolute atomic E-state index is 0.0656. The lowest BCUT2D eigenvalue weighted by Crippen LogP contribution is -2.47. The van der Waals surface area contributed by atoms with Crippen molar-refractivity contribution in [1.82, 2.24) is 5.32 Å². The molecule has 2 rings (SSSR count). The molecular weight excluding hydrogens is 250 g/mol. The smallest absolute Gasteiger partial charge is 0.0807 e. The highest BCUT2D eigenvalue weighted by atomic mass is 16.5. The van der Waals surface area contributed by atoms with Crippen LogP contribution in [0.15, 0.2) is 0 Å². The maximum atomic E-state index is 6.30. The predicted molar refractivity (Wildman–Crippen MR) is 83.0 cm³/mol. The molecule has 20 heavy (non-hydrogen) atoms. The summed E-state index contributed by atoms with van der Waals surface area (Å²) < 4.78 is 12.1. The molecule has 118 valence electrons. The van der Waals surface area contributed by atoms with Gasteiger partial charge in [0.1, 0.15) is 0 Å². The minimum atomic E-state index is -0.0656. The average Bonchev–Trinajstić information content (AvgIpc) is 3.19. The highest BCUT2D eigenvalue weighted by Gasteiger charge is 2.36. The molecule has 3 heteroatoms. The summed E-state index contributed by atoms with van der Waals surface area (Å²) >= 11 is 0. The van der Waals surface area contributed by atoms with E-state index in [1.165, 1.54) is 38.5 Å². The molecule has 2 fully saturated rings. The summed E-state index contributed by atoms with van der Waals surface area (Å²) in [4.78, 5) is 0. The molecule has 0 amide bonds. The van der Waals surface area contributed by atoms with Crippen LogP contribution < -0.4 is 5.32 Å². The molecule has 0 saturated heterocycles. The molecule has 2 saturated carbocycles. The Morgan fingerprint density at radius 3 is 2.25 bits per heavy atom. The van der Waals surface area contributed by atoms with Crippen LogP contribution in [0, 0.1) is 5.92 Å². The van der Waals surface area contributed by atoms with Crippen LogP contribution in [0.3, 0.4) is 0 Å². The average molecular weight is 283 g/mol. The Hall–Kier alpha value is -0.120. The van der Waals surface area contributed by atoms with E-state index in [2.05, 4.69) is 33.0 Å². The molecule has 0 atom stereocenters. The molecule has 0 unspecified atom stereocenters. The summed E-state index contributed by atoms with van der Waals surface area (Å²) in [6, 6.07) is 0.764. The Bertz CT molecular complexity index is 286. The van der Waals surface area contributed by atoms with Gasteiger partial charge < -0.3 is 14.8 Å². The molecule has 0 spiro atoms. The molecule has 3 nitrogen and oxygen atoms in total. The van der Waals surface area contributed by atoms with E-state index in [1.54, 1.807) is 0 Å². The Labute approximate surface area is 124 Å². The number of nitrogens with one attached hydrogen (secondary N) is 1. The van der Waals surface area contributed by atoms with Gasteiger partial charge in [-0.15, -0.1) is 0 Å². The van der Waals surface area contributed by atoms with Gasteiger partial charge in [-0.3, -0.25) is 0 Å². The van der Waals surface area contributed by atoms with Gasteiger partial charge in [0.15, 0.2) is 0 Å². The molecule has 1 N–H and O–H groups in total. The van der Waals surface area contributed by atoms with Crippen molar-refractivity contribution < 1.29 is 9.47 Å². The SMILES string of the molecule is CC1CCC(CNC2CC2)(OCCOC(C)(C)C)CC1. The van der Waals surface area contributed by atoms with E-state index >= 15 is 0 Å². The first kappa shape index (κ1) is 16.3. The summed E-state index contributed by atoms with van der Waals surface area (Å²) in [6.07, 6.45) is 7.69. The van der Waals surface area contributed by atoms with Crippen molar-refractivity contribution in [2.24, 2.45) is 5.92 Å². The van der Waals surface area contributed by atoms with Gasteiger partial charge >= 0.3 is 0 Å². The van der Waals surface area contributed by atoms with Gasteiger partial charge in [0, 0.05) is 12.6 Å². The molecule has 2 aliphatic carbocycles. The summed E-state index contributed by atoms with van der Waals surface area (Å²) in [5.74, 6) is 0.860. The van der Waals surface area contributed by atoms with Gasteiger partial charge in [-0.25, -0.2) is 0 Å². The zero-order valence-corrected chi connectivity index (χ0v) is 13.8. The standard InChI is InChI=1S/C17H33NO2/c1-14-7-9-17(10-8-14,13-18-15-5-6-15)20-12-11-19-16(2,3)4/h14-15,18H,5-13H2,1-4H3. The van der Waals surface area contributed by atoms with Crippen molar-refractivity contribution in [3.05, 3.63) is 0 Å². The summed E-state index contributed by atoms with van der Waals surface area (Å²) in [5.41, 5.74) is 0.000207. The predicted octanol–water partition coefficient (Wildman–Crippen LogP) is 3.52. The molecule has 0 radical (unpaired) electrons. The highest BCUT2D eigenvalue weighted by Crippen LogP contribution is 2.35. The van der Waals surface area contributed by atoms with E-state index in [0.717, 1.165) is 25.1 Å². The van der Waals surface area contributed by atoms with Crippen molar-refractivity contribution in [2.75, 3.05) is 19.8 Å². The lowest BCUT2D eigenvalue weighted by atomic mass is 9.79. The summed E-state index contributed by atoms with van der Waals surface area (Å²) in [6.45, 7) is 11.1. The Kier molecular flexibility index (Phi) is 5.49. The zero-order chi connectivity index (χ0) is 14.6. The van der Waals surface area contributed by atoms with E-state index in [0.29, 0.717) is 6.61 Å². The Morgan fingerprint density at radius 2 is 1.70 bits per heavy atom. The lowest BCUT2D eigenvalue weighted by Gasteiger charge is -2.40. The van der Waals surface area contributed by atoms with Crippen molar-refractivity contribution >= 4 is 0 Å². The first-order valence-electron chi connectivity index (χ1n) is 8.40. The van der Waals surface area contributed by atoms with E-state index < -0.39 is 0 Å². The first-order valence-corrected chi connectivity index (χ1v) is 8.40. The van der Waals surface area contributed by atoms with Crippen LogP contribution >= 0.6 is 0 Å². The van der Waals surface area contributed by atoms with Crippen LogP contribution in [0.1, 0.15) is 66.2 Å². The van der Waals surface area contributed by atoms with Gasteiger partial charge in [0.05, 0.1) is 24.4 Å². The molecule has 0 heterocycles. The molecule has 0 aromatic rings. The Morgan fingerprint density at radius 1 is 1.05 bits per heavy atom. The monoisotopic (exact) mass is 283 g/mol. The number of rotatable bonds is 7. The van der Waals surface area contributed by atoms with Gasteiger partial charge in [0.2, 0.25) is 0 Å². The highest BCUT2D eigenvalue weighted by molar-refractivity contribution is 4.92. The lowest BCUT2D eigenvalue weighted by molar-refractivity contribution is -0.109. The second-order valence-corrected chi connectivity index (χ2v) is 7.83. The minimum Gasteiger partial charge on any atom is -0.373 e. The third-order valence-electron chi connectivity index (χ3n) is 4.50. The molecule has 0 aliphatic heterocycles. The largest absolute Gasteiger partial charge is 0.373 e. The van der Waals surface area contributed by atoms with Crippen LogP contribution in [0.4, 0.5) is 0 Å². The second-order valence-electron chi connectivity index (χ2n) is 7.83. The third kappa shape index (κ3) is 5.71. The summed E-state index contributed by atoms with van der Waals surface area (Å²) in [7, 11) is 0. The second kappa shape index (κ2) is 6.76. The van der Waals surface area contributed by atoms with E-state index in [9.17, 15) is 0 Å². The third-order valence-corrected chi connectivity index (χ3v) is 4.50. The van der Waals surface area contributed by atoms with Gasteiger partial charge in [-0.05, 0) is 65.2 Å². The topological polar surface area (TPSA) is 30.5 Å². The van der Waals surface area contributed by atoms with E-state index in [1.807, 2.05) is 0 Å². The maximum absolute atomic E-state index is 6.30. The van der Waals surface area contributed by atoms with Crippen LogP contribution in [0.2, 0.25) is 0 Å². The van der Waals surface area contributed by atoms with Gasteiger partial charge in [-0.1, -0.05) is 6.92 Å². The van der Waals surface area contributed by atoms with Crippen LogP contribution in [-0.2, 0) is 9.47 Å². The molecule has 0 aromatic heterocycles. The van der Waals surface area contributed by atoms with Gasteiger partial charge in [0.25, 0.3) is 0 Å². The molecule has 0 bridgehead atoms. The number of ether oxygens (including phenoxy) is 2. The number of hydrogen-bond acceptors (Lipinski definition) is 3. The first-order chi connectivity index (χ1) is 9.39. The van der Waals surface area contributed by atoms with Crippen molar-refractivity contribution in [2.45, 2.75) is 83.5 Å². The van der Waals surface area contributed by atoms with Crippen LogP contribution in [0.5, 0.6) is 0 Å². The van der Waals surface area contributed by atoms with Crippen molar-refractivity contribution in [3.8, 4) is 0 Å². The van der Waals surface area contributed by atoms with Crippen molar-refractivity contribution in [3.63, 3.8) is 0 Å². The fourth-order valence-corrected chi connectivity index (χ4v) is 2.88. The molecule has 2 aliphatic rings. The molecule has 0 aromatic carbocycles. The van der Waals surface area contributed by atoms with Crippen LogP contribution in [0.25, 0.3) is 0 Å². The van der Waals surface area contributed by atoms with Crippen molar-refractivity contribution in [1.29, 1.82) is 0 Å². The number of hydrogen-bond donors (Lipinski definition) is 1. The fourth-order valence-electron chi connectivity index (χ4n) is 2.88. The quantitative estimate of drug-likeness (QED) is 0.725. The zero-order valence-electron chi connectivity index (χ0n) is 13.8. The Balaban J connectivity index is 1.76. The maximum Gasteiger partial charge on any atom is 0.0807 e. The van der Waals surface area contributed by atoms with E-state index in [-0.39, 0.29) is 11.2 Å². The fraction of sp³-hybridized carbons (Fsp3) is 1.00. The summed E-state index contributed by atoms with van der Waals surface area (Å²) in [5, 5.41) is 3.67. The van der Waals surface area contributed by atoms with E-state index in [4.69, 9.17) is 9.47 Å². The molecular formula is C17H33NO2.